The number of amides is 1. The first kappa shape index (κ1) is 17.4. The highest BCUT2D eigenvalue weighted by molar-refractivity contribution is 6.32. The molecule has 8 heteroatoms. The molecule has 0 radical (unpaired) electrons. The summed E-state index contributed by atoms with van der Waals surface area (Å²) in [7, 11) is 0. The maximum atomic E-state index is 13.1. The number of rotatable bonds is 3. The Morgan fingerprint density at radius 3 is 2.60 bits per heavy atom. The lowest BCUT2D eigenvalue weighted by molar-refractivity contribution is -0.138. The minimum Gasteiger partial charge on any atom is -0.506 e. The van der Waals surface area contributed by atoms with Crippen LogP contribution in [0.25, 0.3) is 5.76 Å². The van der Waals surface area contributed by atoms with Gasteiger partial charge in [0.05, 0.1) is 5.41 Å². The Kier molecular flexibility index (Phi) is 4.53. The highest BCUT2D eigenvalue weighted by atomic mass is 35.5. The van der Waals surface area contributed by atoms with Crippen LogP contribution >= 0.6 is 11.6 Å². The van der Waals surface area contributed by atoms with Crippen molar-refractivity contribution in [3.63, 3.8) is 0 Å². The lowest BCUT2D eigenvalue weighted by Crippen LogP contribution is -2.48. The normalized spacial score (nSPS) is 18.8. The zero-order valence-corrected chi connectivity index (χ0v) is 13.9. The molecule has 1 saturated heterocycles. The number of carbonyl (C=O) groups is 3. The average molecular weight is 366 g/mol. The predicted molar refractivity (Wildman–Crippen MR) is 88.4 cm³/mol. The second kappa shape index (κ2) is 6.50. The van der Waals surface area contributed by atoms with Crippen LogP contribution in [0.5, 0.6) is 0 Å². The van der Waals surface area contributed by atoms with Crippen molar-refractivity contribution in [3.05, 3.63) is 39.9 Å². The van der Waals surface area contributed by atoms with Crippen LogP contribution in [0.3, 0.4) is 0 Å². The van der Waals surface area contributed by atoms with E-state index in [1.54, 1.807) is 12.1 Å². The number of Topliss-reactive ketones (excluding diaryl/α,β-unsaturated/α-hetero) is 1. The Labute approximate surface area is 148 Å². The van der Waals surface area contributed by atoms with Crippen LogP contribution in [0.2, 0.25) is 5.02 Å². The molecular weight excluding hydrogens is 350 g/mol. The summed E-state index contributed by atoms with van der Waals surface area (Å²) in [5, 5.41) is 21.7. The molecule has 0 saturated carbocycles. The first-order chi connectivity index (χ1) is 11.9. The van der Waals surface area contributed by atoms with E-state index in [1.807, 2.05) is 0 Å². The minimum absolute atomic E-state index is 0.314. The van der Waals surface area contributed by atoms with Crippen LogP contribution in [0, 0.1) is 0 Å². The van der Waals surface area contributed by atoms with E-state index < -0.39 is 41.0 Å². The first-order valence-electron chi connectivity index (χ1n) is 7.73. The number of fused-ring (bicyclic) bond motifs is 2. The van der Waals surface area contributed by atoms with E-state index in [1.165, 1.54) is 6.07 Å². The summed E-state index contributed by atoms with van der Waals surface area (Å²) >= 11 is 6.01. The zero-order valence-electron chi connectivity index (χ0n) is 13.2. The van der Waals surface area contributed by atoms with Crippen LogP contribution in [0.4, 0.5) is 0 Å². The number of nitrogens with one attached hydrogen (secondary N) is 1. The summed E-state index contributed by atoms with van der Waals surface area (Å²) in [5.74, 6) is -3.17. The number of carboxylic acids is 1. The van der Waals surface area contributed by atoms with E-state index in [0.29, 0.717) is 42.2 Å². The van der Waals surface area contributed by atoms with Crippen molar-refractivity contribution in [2.45, 2.75) is 18.3 Å². The van der Waals surface area contributed by atoms with Gasteiger partial charge in [-0.25, -0.2) is 0 Å². The molecule has 132 valence electrons. The van der Waals surface area contributed by atoms with Gasteiger partial charge in [-0.1, -0.05) is 17.7 Å². The van der Waals surface area contributed by atoms with E-state index >= 15 is 0 Å². The number of halogens is 1. The Balaban J connectivity index is 2.14. The molecule has 3 N–H and O–H groups in total. The molecule has 1 fully saturated rings. The monoisotopic (exact) mass is 365 g/mol. The van der Waals surface area contributed by atoms with E-state index in [4.69, 9.17) is 21.4 Å². The molecule has 0 atom stereocenters. The van der Waals surface area contributed by atoms with Crippen LogP contribution in [0.15, 0.2) is 23.8 Å². The number of benzene rings is 1. The summed E-state index contributed by atoms with van der Waals surface area (Å²) in [4.78, 5) is 36.2. The smallest absolute Gasteiger partial charge is 0.322 e. The lowest BCUT2D eigenvalue weighted by atomic mass is 9.64. The van der Waals surface area contributed by atoms with E-state index in [2.05, 4.69) is 5.32 Å². The van der Waals surface area contributed by atoms with Gasteiger partial charge in [0.15, 0.2) is 5.78 Å². The fourth-order valence-corrected chi connectivity index (χ4v) is 3.58. The van der Waals surface area contributed by atoms with Crippen molar-refractivity contribution in [1.29, 1.82) is 0 Å². The van der Waals surface area contributed by atoms with E-state index in [0.717, 1.165) is 0 Å². The number of hydrogen-bond donors (Lipinski definition) is 3. The molecule has 3 rings (SSSR count). The van der Waals surface area contributed by atoms with Crippen molar-refractivity contribution >= 4 is 35.0 Å². The molecule has 25 heavy (non-hydrogen) atoms. The SMILES string of the molecule is O=C(O)CNC(=O)C1=C(O)c2cc(Cl)ccc2C2(CCOCC2)C1=O. The fraction of sp³-hybridized carbons (Fsp3) is 0.353. The molecular formula is C17H16ClNO6. The first-order valence-corrected chi connectivity index (χ1v) is 8.11. The Hall–Kier alpha value is -2.38. The maximum Gasteiger partial charge on any atom is 0.322 e. The molecule has 1 aliphatic heterocycles. The van der Waals surface area contributed by atoms with Gasteiger partial charge in [0.2, 0.25) is 0 Å². The van der Waals surface area contributed by atoms with Gasteiger partial charge in [-0.3, -0.25) is 14.4 Å². The van der Waals surface area contributed by atoms with Gasteiger partial charge in [0, 0.05) is 23.8 Å². The second-order valence-corrected chi connectivity index (χ2v) is 6.45. The van der Waals surface area contributed by atoms with Gasteiger partial charge in [-0.15, -0.1) is 0 Å². The number of carboxylic acid groups (broad SMARTS) is 1. The molecule has 1 amide bonds. The molecule has 7 nitrogen and oxygen atoms in total. The Morgan fingerprint density at radius 2 is 1.96 bits per heavy atom. The summed E-state index contributed by atoms with van der Waals surface area (Å²) < 4.78 is 5.35. The van der Waals surface area contributed by atoms with Crippen molar-refractivity contribution in [2.24, 2.45) is 0 Å². The van der Waals surface area contributed by atoms with Gasteiger partial charge < -0.3 is 20.3 Å². The highest BCUT2D eigenvalue weighted by Crippen LogP contribution is 2.46. The number of ether oxygens (including phenoxy) is 1. The zero-order chi connectivity index (χ0) is 18.2. The van der Waals surface area contributed by atoms with Crippen molar-refractivity contribution in [3.8, 4) is 0 Å². The van der Waals surface area contributed by atoms with Gasteiger partial charge in [0.25, 0.3) is 5.91 Å². The van der Waals surface area contributed by atoms with Crippen molar-refractivity contribution in [2.75, 3.05) is 19.8 Å². The summed E-state index contributed by atoms with van der Waals surface area (Å²) in [5.41, 5.74) is -0.495. The third-order valence-electron chi connectivity index (χ3n) is 4.62. The fourth-order valence-electron chi connectivity index (χ4n) is 3.40. The maximum absolute atomic E-state index is 13.1. The van der Waals surface area contributed by atoms with Gasteiger partial charge >= 0.3 is 5.97 Å². The van der Waals surface area contributed by atoms with Crippen LogP contribution in [-0.2, 0) is 24.5 Å². The van der Waals surface area contributed by atoms with Crippen LogP contribution in [-0.4, -0.2) is 47.6 Å². The number of aliphatic hydroxyl groups is 1. The molecule has 1 spiro atoms. The molecule has 2 aliphatic rings. The van der Waals surface area contributed by atoms with Gasteiger partial charge in [0.1, 0.15) is 17.9 Å². The molecule has 0 bridgehead atoms. The number of carbonyl (C=O) groups excluding carboxylic acids is 2. The third kappa shape index (κ3) is 2.89. The standard InChI is InChI=1S/C17H16ClNO6/c18-9-1-2-11-10(7-9)14(22)13(16(24)19-8-12(20)21)15(23)17(11)3-5-25-6-4-17/h1-2,7,22H,3-6,8H2,(H,19,24)(H,20,21). The molecule has 1 aromatic rings. The number of aliphatic hydroxyl groups excluding tert-OH is 1. The molecule has 1 heterocycles. The summed E-state index contributed by atoms with van der Waals surface area (Å²) in [6.45, 7) is 0.0403. The average Bonchev–Trinajstić information content (AvgIpc) is 2.59. The van der Waals surface area contributed by atoms with Crippen molar-refractivity contribution < 1.29 is 29.3 Å². The Morgan fingerprint density at radius 1 is 1.28 bits per heavy atom. The van der Waals surface area contributed by atoms with Gasteiger partial charge in [-0.05, 0) is 30.5 Å². The lowest BCUT2D eigenvalue weighted by Gasteiger charge is -2.40. The minimum atomic E-state index is -1.25. The van der Waals surface area contributed by atoms with E-state index in [-0.39, 0.29) is 0 Å². The largest absolute Gasteiger partial charge is 0.506 e. The molecule has 1 aliphatic carbocycles. The molecule has 0 unspecified atom stereocenters. The quantitative estimate of drug-likeness (QED) is 0.698. The van der Waals surface area contributed by atoms with Gasteiger partial charge in [-0.2, -0.15) is 0 Å². The van der Waals surface area contributed by atoms with Crippen molar-refractivity contribution in [1.82, 2.24) is 5.32 Å². The predicted octanol–water partition coefficient (Wildman–Crippen LogP) is 1.44. The number of aliphatic carboxylic acids is 1. The Bertz CT molecular complexity index is 794. The van der Waals surface area contributed by atoms with Crippen LogP contribution in [0.1, 0.15) is 24.0 Å². The third-order valence-corrected chi connectivity index (χ3v) is 4.86. The summed E-state index contributed by atoms with van der Waals surface area (Å²) in [6.07, 6.45) is 0.729. The molecule has 0 aromatic heterocycles. The van der Waals surface area contributed by atoms with Crippen LogP contribution < -0.4 is 5.32 Å². The highest BCUT2D eigenvalue weighted by Gasteiger charge is 2.50. The van der Waals surface area contributed by atoms with E-state index in [9.17, 15) is 19.5 Å². The summed E-state index contributed by atoms with van der Waals surface area (Å²) in [6, 6.07) is 4.82. The number of ketones is 1. The number of hydrogen-bond acceptors (Lipinski definition) is 5. The topological polar surface area (TPSA) is 113 Å². The molecule has 1 aromatic carbocycles. The second-order valence-electron chi connectivity index (χ2n) is 6.01.